The summed E-state index contributed by atoms with van der Waals surface area (Å²) in [5, 5.41) is 4.34. The third kappa shape index (κ3) is 4.26. The maximum Gasteiger partial charge on any atom is 0.307 e. The molecule has 0 aliphatic rings. The minimum Gasteiger partial charge on any atom is -0.469 e. The average molecular weight is 297 g/mol. The van der Waals surface area contributed by atoms with E-state index in [1.54, 1.807) is 12.1 Å². The molecule has 0 radical (unpaired) electrons. The summed E-state index contributed by atoms with van der Waals surface area (Å²) in [5.41, 5.74) is 0.564. The summed E-state index contributed by atoms with van der Waals surface area (Å²) in [7, 11) is 1.34. The highest BCUT2D eigenvalue weighted by atomic mass is 35.5. The van der Waals surface area contributed by atoms with E-state index in [0.29, 0.717) is 20.8 Å². The minimum absolute atomic E-state index is 0.140. The molecule has 0 bridgehead atoms. The van der Waals surface area contributed by atoms with Crippen molar-refractivity contribution >= 4 is 46.5 Å². The van der Waals surface area contributed by atoms with E-state index in [1.165, 1.54) is 7.11 Å². The number of anilines is 1. The molecule has 1 unspecified atom stereocenters. The number of hydrogen-bond donors (Lipinski definition) is 1. The number of nitrogens with one attached hydrogen (secondary N) is 1. The van der Waals surface area contributed by atoms with Crippen molar-refractivity contribution in [2.45, 2.75) is 19.4 Å². The Morgan fingerprint density at radius 3 is 2.35 bits per heavy atom. The van der Waals surface area contributed by atoms with Gasteiger partial charge in [-0.1, -0.05) is 34.8 Å². The smallest absolute Gasteiger partial charge is 0.307 e. The fourth-order valence-corrected chi connectivity index (χ4v) is 2.24. The highest BCUT2D eigenvalue weighted by Gasteiger charge is 2.13. The van der Waals surface area contributed by atoms with Crippen LogP contribution < -0.4 is 5.32 Å². The number of rotatable bonds is 4. The van der Waals surface area contributed by atoms with Crippen molar-refractivity contribution in [3.8, 4) is 0 Å². The Hall–Kier alpha value is -0.640. The molecular weight excluding hydrogens is 284 g/mol. The molecule has 0 heterocycles. The lowest BCUT2D eigenvalue weighted by Gasteiger charge is -2.16. The van der Waals surface area contributed by atoms with E-state index in [-0.39, 0.29) is 18.4 Å². The molecule has 0 aromatic heterocycles. The van der Waals surface area contributed by atoms with E-state index in [2.05, 4.69) is 10.1 Å². The second-order valence-corrected chi connectivity index (χ2v) is 4.82. The van der Waals surface area contributed by atoms with Gasteiger partial charge in [0.1, 0.15) is 0 Å². The summed E-state index contributed by atoms with van der Waals surface area (Å²) in [4.78, 5) is 11.1. The monoisotopic (exact) mass is 295 g/mol. The normalized spacial score (nSPS) is 12.1. The number of methoxy groups -OCH3 is 1. The molecule has 6 heteroatoms. The van der Waals surface area contributed by atoms with Crippen LogP contribution in [0.3, 0.4) is 0 Å². The number of carbonyl (C=O) groups is 1. The molecule has 0 aliphatic heterocycles. The molecule has 1 N–H and O–H groups in total. The van der Waals surface area contributed by atoms with Gasteiger partial charge in [-0.05, 0) is 19.1 Å². The van der Waals surface area contributed by atoms with Crippen LogP contribution in [0.25, 0.3) is 0 Å². The van der Waals surface area contributed by atoms with E-state index < -0.39 is 0 Å². The van der Waals surface area contributed by atoms with Crippen LogP contribution >= 0.6 is 34.8 Å². The second-order valence-electron chi connectivity index (χ2n) is 3.57. The van der Waals surface area contributed by atoms with Crippen LogP contribution in [0.4, 0.5) is 5.69 Å². The predicted molar refractivity (Wildman–Crippen MR) is 71.2 cm³/mol. The number of carbonyl (C=O) groups excluding carboxylic acids is 1. The fourth-order valence-electron chi connectivity index (χ4n) is 1.31. The van der Waals surface area contributed by atoms with Gasteiger partial charge in [-0.2, -0.15) is 0 Å². The molecule has 1 rings (SSSR count). The fraction of sp³-hybridized carbons (Fsp3) is 0.364. The number of ether oxygens (including phenoxy) is 1. The lowest BCUT2D eigenvalue weighted by molar-refractivity contribution is -0.140. The lowest BCUT2D eigenvalue weighted by atomic mass is 10.2. The maximum atomic E-state index is 11.1. The van der Waals surface area contributed by atoms with Gasteiger partial charge in [0, 0.05) is 11.1 Å². The SMILES string of the molecule is COC(=O)CC(C)Nc1c(Cl)cc(Cl)cc1Cl. The topological polar surface area (TPSA) is 38.3 Å². The molecule has 1 atom stereocenters. The predicted octanol–water partition coefficient (Wildman–Crippen LogP) is 4.01. The van der Waals surface area contributed by atoms with E-state index >= 15 is 0 Å². The van der Waals surface area contributed by atoms with E-state index in [0.717, 1.165) is 0 Å². The van der Waals surface area contributed by atoms with Gasteiger partial charge >= 0.3 is 5.97 Å². The lowest BCUT2D eigenvalue weighted by Crippen LogP contribution is -2.20. The molecule has 94 valence electrons. The third-order valence-electron chi connectivity index (χ3n) is 2.10. The van der Waals surface area contributed by atoms with Gasteiger partial charge in [-0.25, -0.2) is 0 Å². The molecule has 0 spiro atoms. The average Bonchev–Trinajstić information content (AvgIpc) is 2.23. The van der Waals surface area contributed by atoms with Crippen LogP contribution in [0, 0.1) is 0 Å². The first-order chi connectivity index (χ1) is 7.93. The van der Waals surface area contributed by atoms with Gasteiger partial charge in [0.05, 0.1) is 29.3 Å². The van der Waals surface area contributed by atoms with Crippen molar-refractivity contribution < 1.29 is 9.53 Å². The molecule has 3 nitrogen and oxygen atoms in total. The van der Waals surface area contributed by atoms with Crippen LogP contribution in [-0.2, 0) is 9.53 Å². The van der Waals surface area contributed by atoms with Crippen LogP contribution in [0.15, 0.2) is 12.1 Å². The first-order valence-electron chi connectivity index (χ1n) is 4.92. The van der Waals surface area contributed by atoms with E-state index in [1.807, 2.05) is 6.92 Å². The summed E-state index contributed by atoms with van der Waals surface area (Å²) in [6, 6.07) is 3.03. The zero-order chi connectivity index (χ0) is 13.0. The molecular formula is C11H12Cl3NO2. The van der Waals surface area contributed by atoms with Crippen molar-refractivity contribution in [3.63, 3.8) is 0 Å². The molecule has 0 saturated heterocycles. The van der Waals surface area contributed by atoms with Gasteiger partial charge in [0.2, 0.25) is 0 Å². The van der Waals surface area contributed by atoms with Gasteiger partial charge in [-0.3, -0.25) is 4.79 Å². The van der Waals surface area contributed by atoms with Crippen LogP contribution in [0.5, 0.6) is 0 Å². The third-order valence-corrected chi connectivity index (χ3v) is 2.91. The summed E-state index contributed by atoms with van der Waals surface area (Å²) in [6.45, 7) is 1.83. The van der Waals surface area contributed by atoms with Gasteiger partial charge in [0.25, 0.3) is 0 Å². The second kappa shape index (κ2) is 6.34. The highest BCUT2D eigenvalue weighted by molar-refractivity contribution is 6.41. The Kier molecular flexibility index (Phi) is 5.37. The number of esters is 1. The first-order valence-corrected chi connectivity index (χ1v) is 6.05. The zero-order valence-corrected chi connectivity index (χ0v) is 11.7. The van der Waals surface area contributed by atoms with Crippen molar-refractivity contribution in [1.29, 1.82) is 0 Å². The molecule has 17 heavy (non-hydrogen) atoms. The Morgan fingerprint density at radius 2 is 1.88 bits per heavy atom. The first kappa shape index (κ1) is 14.4. The Bertz CT molecular complexity index is 400. The standard InChI is InChI=1S/C11H12Cl3NO2/c1-6(3-10(16)17-2)15-11-8(13)4-7(12)5-9(11)14/h4-6,15H,3H2,1-2H3. The minimum atomic E-state index is -0.300. The highest BCUT2D eigenvalue weighted by Crippen LogP contribution is 2.34. The molecule has 1 aromatic rings. The largest absolute Gasteiger partial charge is 0.469 e. The molecule has 1 aromatic carbocycles. The van der Waals surface area contributed by atoms with Crippen LogP contribution in [0.2, 0.25) is 15.1 Å². The molecule has 0 aliphatic carbocycles. The van der Waals surface area contributed by atoms with Crippen molar-refractivity contribution in [1.82, 2.24) is 0 Å². The van der Waals surface area contributed by atoms with Crippen molar-refractivity contribution in [2.24, 2.45) is 0 Å². The Morgan fingerprint density at radius 1 is 1.35 bits per heavy atom. The van der Waals surface area contributed by atoms with Crippen molar-refractivity contribution in [3.05, 3.63) is 27.2 Å². The number of halogens is 3. The summed E-state index contributed by atoms with van der Waals surface area (Å²) >= 11 is 17.8. The summed E-state index contributed by atoms with van der Waals surface area (Å²) in [5.74, 6) is -0.300. The maximum absolute atomic E-state index is 11.1. The number of hydrogen-bond acceptors (Lipinski definition) is 3. The molecule has 0 amide bonds. The van der Waals surface area contributed by atoms with Gasteiger partial charge < -0.3 is 10.1 Å². The Balaban J connectivity index is 2.78. The van der Waals surface area contributed by atoms with Crippen LogP contribution in [0.1, 0.15) is 13.3 Å². The number of benzene rings is 1. The Labute approximate surface area is 115 Å². The summed E-state index contributed by atoms with van der Waals surface area (Å²) in [6.07, 6.45) is 0.228. The quantitative estimate of drug-likeness (QED) is 0.853. The zero-order valence-electron chi connectivity index (χ0n) is 9.39. The molecule has 0 saturated carbocycles. The van der Waals surface area contributed by atoms with E-state index in [9.17, 15) is 4.79 Å². The van der Waals surface area contributed by atoms with Gasteiger partial charge in [-0.15, -0.1) is 0 Å². The van der Waals surface area contributed by atoms with Crippen LogP contribution in [-0.4, -0.2) is 19.1 Å². The van der Waals surface area contributed by atoms with Gasteiger partial charge in [0.15, 0.2) is 0 Å². The summed E-state index contributed by atoms with van der Waals surface area (Å²) < 4.78 is 4.57. The van der Waals surface area contributed by atoms with Crippen molar-refractivity contribution in [2.75, 3.05) is 12.4 Å². The van der Waals surface area contributed by atoms with E-state index in [4.69, 9.17) is 34.8 Å². The molecule has 0 fully saturated rings.